The highest BCUT2D eigenvalue weighted by atomic mass is 19.1. The van der Waals surface area contributed by atoms with E-state index in [1.54, 1.807) is 6.92 Å². The van der Waals surface area contributed by atoms with Gasteiger partial charge in [-0.1, -0.05) is 6.92 Å². The third-order valence-corrected chi connectivity index (χ3v) is 3.22. The number of hydrogen-bond acceptors (Lipinski definition) is 1. The van der Waals surface area contributed by atoms with Crippen LogP contribution in [0, 0.1) is 11.3 Å². The van der Waals surface area contributed by atoms with Gasteiger partial charge in [-0.05, 0) is 17.4 Å². The van der Waals surface area contributed by atoms with Crippen LogP contribution in [0.4, 0.5) is 8.78 Å². The zero-order valence-electron chi connectivity index (χ0n) is 8.52. The van der Waals surface area contributed by atoms with Crippen molar-refractivity contribution in [1.82, 2.24) is 5.32 Å². The molecular weight excluding hydrogens is 200 g/mol. The minimum atomic E-state index is -0.581. The van der Waals surface area contributed by atoms with Gasteiger partial charge in [0.15, 0.2) is 0 Å². The molecule has 4 heteroatoms. The summed E-state index contributed by atoms with van der Waals surface area (Å²) < 4.78 is 26.3. The van der Waals surface area contributed by atoms with Crippen molar-refractivity contribution in [3.8, 4) is 0 Å². The summed E-state index contributed by atoms with van der Waals surface area (Å²) in [6, 6.07) is 0. The first-order chi connectivity index (χ1) is 6.99. The zero-order valence-corrected chi connectivity index (χ0v) is 8.52. The standard InChI is InChI=1S/C11H13F2NO/c1-11(7-2-10(15)14-6-7)4-8(12)3-9(13)5-11/h3-4,7H,2,5-6H2,1H3,(H,14,15)/t7-,11?/m0/s1. The molecular formula is C11H13F2NO. The van der Waals surface area contributed by atoms with Gasteiger partial charge in [0.05, 0.1) is 0 Å². The molecule has 0 saturated carbocycles. The fraction of sp³-hybridized carbons (Fsp3) is 0.545. The largest absolute Gasteiger partial charge is 0.356 e. The van der Waals surface area contributed by atoms with Gasteiger partial charge < -0.3 is 5.32 Å². The molecule has 82 valence electrons. The highest BCUT2D eigenvalue weighted by molar-refractivity contribution is 5.78. The van der Waals surface area contributed by atoms with Gasteiger partial charge in [0.1, 0.15) is 11.7 Å². The third kappa shape index (κ3) is 1.94. The van der Waals surface area contributed by atoms with Crippen molar-refractivity contribution < 1.29 is 13.6 Å². The van der Waals surface area contributed by atoms with E-state index in [2.05, 4.69) is 5.32 Å². The zero-order chi connectivity index (χ0) is 11.1. The summed E-state index contributed by atoms with van der Waals surface area (Å²) in [6.45, 7) is 2.30. The molecule has 1 aliphatic heterocycles. The number of carbonyl (C=O) groups excluding carboxylic acids is 1. The van der Waals surface area contributed by atoms with E-state index in [1.807, 2.05) is 0 Å². The number of carbonyl (C=O) groups is 1. The fourth-order valence-electron chi connectivity index (χ4n) is 2.31. The maximum Gasteiger partial charge on any atom is 0.220 e. The number of rotatable bonds is 1. The van der Waals surface area contributed by atoms with Crippen molar-refractivity contribution in [2.75, 3.05) is 6.54 Å². The summed E-state index contributed by atoms with van der Waals surface area (Å²) in [5, 5.41) is 2.69. The van der Waals surface area contributed by atoms with E-state index in [1.165, 1.54) is 6.08 Å². The van der Waals surface area contributed by atoms with Crippen LogP contribution in [0.2, 0.25) is 0 Å². The molecule has 15 heavy (non-hydrogen) atoms. The van der Waals surface area contributed by atoms with Gasteiger partial charge in [-0.25, -0.2) is 8.78 Å². The van der Waals surface area contributed by atoms with E-state index in [9.17, 15) is 13.6 Å². The van der Waals surface area contributed by atoms with Crippen LogP contribution in [0.3, 0.4) is 0 Å². The lowest BCUT2D eigenvalue weighted by Gasteiger charge is -2.33. The summed E-state index contributed by atoms with van der Waals surface area (Å²) in [6.07, 6.45) is 2.88. The van der Waals surface area contributed by atoms with Crippen molar-refractivity contribution in [3.05, 3.63) is 23.8 Å². The predicted octanol–water partition coefficient (Wildman–Crippen LogP) is 2.24. The van der Waals surface area contributed by atoms with Crippen molar-refractivity contribution >= 4 is 5.91 Å². The molecule has 2 rings (SSSR count). The van der Waals surface area contributed by atoms with E-state index in [4.69, 9.17) is 0 Å². The van der Waals surface area contributed by atoms with E-state index in [0.29, 0.717) is 13.0 Å². The third-order valence-electron chi connectivity index (χ3n) is 3.22. The Bertz CT molecular complexity index is 362. The highest BCUT2D eigenvalue weighted by Gasteiger charge is 2.39. The number of allylic oxidation sites excluding steroid dienone is 4. The molecule has 1 heterocycles. The number of hydrogen-bond donors (Lipinski definition) is 1. The van der Waals surface area contributed by atoms with Crippen LogP contribution in [0.15, 0.2) is 23.8 Å². The van der Waals surface area contributed by atoms with Gasteiger partial charge >= 0.3 is 0 Å². The quantitative estimate of drug-likeness (QED) is 0.711. The maximum absolute atomic E-state index is 13.2. The molecule has 1 fully saturated rings. The summed E-state index contributed by atoms with van der Waals surface area (Å²) in [4.78, 5) is 11.1. The fourth-order valence-corrected chi connectivity index (χ4v) is 2.31. The van der Waals surface area contributed by atoms with Crippen LogP contribution < -0.4 is 5.32 Å². The Morgan fingerprint density at radius 3 is 2.80 bits per heavy atom. The first-order valence-corrected chi connectivity index (χ1v) is 5.01. The topological polar surface area (TPSA) is 29.1 Å². The van der Waals surface area contributed by atoms with Crippen LogP contribution in [0.5, 0.6) is 0 Å². The van der Waals surface area contributed by atoms with Gasteiger partial charge in [-0.15, -0.1) is 0 Å². The van der Waals surface area contributed by atoms with E-state index in [-0.39, 0.29) is 18.2 Å². The van der Waals surface area contributed by atoms with Crippen LogP contribution in [0.25, 0.3) is 0 Å². The first kappa shape index (κ1) is 10.3. The van der Waals surface area contributed by atoms with Crippen molar-refractivity contribution in [3.63, 3.8) is 0 Å². The molecule has 1 saturated heterocycles. The van der Waals surface area contributed by atoms with Crippen LogP contribution in [-0.4, -0.2) is 12.5 Å². The van der Waals surface area contributed by atoms with Crippen molar-refractivity contribution in [2.45, 2.75) is 19.8 Å². The second-order valence-corrected chi connectivity index (χ2v) is 4.51. The molecule has 2 aliphatic rings. The van der Waals surface area contributed by atoms with Crippen molar-refractivity contribution in [2.24, 2.45) is 11.3 Å². The van der Waals surface area contributed by atoms with Gasteiger partial charge in [-0.2, -0.15) is 0 Å². The molecule has 0 spiro atoms. The summed E-state index contributed by atoms with van der Waals surface area (Å²) in [7, 11) is 0. The number of amides is 1. The Balaban J connectivity index is 2.21. The average molecular weight is 213 g/mol. The molecule has 0 aromatic carbocycles. The summed E-state index contributed by atoms with van der Waals surface area (Å²) >= 11 is 0. The Kier molecular flexibility index (Phi) is 2.37. The lowest BCUT2D eigenvalue weighted by atomic mass is 9.71. The summed E-state index contributed by atoms with van der Waals surface area (Å²) in [5.41, 5.74) is -0.581. The van der Waals surface area contributed by atoms with Crippen LogP contribution in [0.1, 0.15) is 19.8 Å². The Labute approximate surface area is 87.0 Å². The van der Waals surface area contributed by atoms with Crippen LogP contribution in [-0.2, 0) is 4.79 Å². The SMILES string of the molecule is CC1([C@@H]2CNC(=O)C2)C=C(F)C=C(F)C1. The second kappa shape index (κ2) is 3.43. The Morgan fingerprint density at radius 1 is 1.53 bits per heavy atom. The summed E-state index contributed by atoms with van der Waals surface area (Å²) in [5.74, 6) is -1.04. The van der Waals surface area contributed by atoms with Gasteiger partial charge in [0.25, 0.3) is 0 Å². The van der Waals surface area contributed by atoms with Gasteiger partial charge in [0, 0.05) is 25.5 Å². The molecule has 2 atom stereocenters. The average Bonchev–Trinajstić information content (AvgIpc) is 2.49. The van der Waals surface area contributed by atoms with Gasteiger partial charge in [0.2, 0.25) is 5.91 Å². The molecule has 1 amide bonds. The first-order valence-electron chi connectivity index (χ1n) is 5.01. The number of nitrogens with one attached hydrogen (secondary N) is 1. The maximum atomic E-state index is 13.2. The molecule has 1 N–H and O–H groups in total. The monoisotopic (exact) mass is 213 g/mol. The normalized spacial score (nSPS) is 35.9. The predicted molar refractivity (Wildman–Crippen MR) is 52.2 cm³/mol. The van der Waals surface area contributed by atoms with Crippen LogP contribution >= 0.6 is 0 Å². The molecule has 0 aromatic rings. The molecule has 1 aliphatic carbocycles. The molecule has 0 radical (unpaired) electrons. The Hall–Kier alpha value is -1.19. The lowest BCUT2D eigenvalue weighted by Crippen LogP contribution is -2.29. The highest BCUT2D eigenvalue weighted by Crippen LogP contribution is 2.43. The smallest absolute Gasteiger partial charge is 0.220 e. The Morgan fingerprint density at radius 2 is 2.27 bits per heavy atom. The van der Waals surface area contributed by atoms with E-state index >= 15 is 0 Å². The molecule has 0 bridgehead atoms. The lowest BCUT2D eigenvalue weighted by molar-refractivity contribution is -0.119. The van der Waals surface area contributed by atoms with Crippen molar-refractivity contribution in [1.29, 1.82) is 0 Å². The van der Waals surface area contributed by atoms with Gasteiger partial charge in [-0.3, -0.25) is 4.79 Å². The minimum absolute atomic E-state index is 0.0183. The second-order valence-electron chi connectivity index (χ2n) is 4.51. The minimum Gasteiger partial charge on any atom is -0.356 e. The molecule has 0 aromatic heterocycles. The van der Waals surface area contributed by atoms with E-state index < -0.39 is 17.1 Å². The molecule has 2 nitrogen and oxygen atoms in total. The number of halogens is 2. The van der Waals surface area contributed by atoms with E-state index in [0.717, 1.165) is 6.08 Å². The molecule has 1 unspecified atom stereocenters.